The van der Waals surface area contributed by atoms with E-state index in [1.165, 1.54) is 5.56 Å². The van der Waals surface area contributed by atoms with Gasteiger partial charge in [0.05, 0.1) is 18.9 Å². The Bertz CT molecular complexity index is 848. The summed E-state index contributed by atoms with van der Waals surface area (Å²) in [6, 6.07) is 12.0. The third-order valence-corrected chi connectivity index (χ3v) is 4.17. The van der Waals surface area contributed by atoms with Crippen LogP contribution in [-0.4, -0.2) is 44.1 Å². The van der Waals surface area contributed by atoms with E-state index in [1.807, 2.05) is 30.5 Å². The standard InChI is InChI=1S/C19H25N5O2/c1-13(2)16-11-22-24-18(21-9-14-6-4-3-5-7-14)8-17(23-19(16)24)20-10-15(26)12-25/h3-8,11,13,15,21,25-26H,9-10,12H2,1-2H3,(H,20,23). The lowest BCUT2D eigenvalue weighted by molar-refractivity contribution is 0.105. The van der Waals surface area contributed by atoms with Crippen molar-refractivity contribution in [3.05, 3.63) is 53.7 Å². The number of benzene rings is 1. The molecule has 26 heavy (non-hydrogen) atoms. The Hall–Kier alpha value is -2.64. The summed E-state index contributed by atoms with van der Waals surface area (Å²) in [7, 11) is 0. The second-order valence-corrected chi connectivity index (χ2v) is 6.57. The first-order valence-electron chi connectivity index (χ1n) is 8.77. The van der Waals surface area contributed by atoms with Gasteiger partial charge in [-0.1, -0.05) is 44.2 Å². The van der Waals surface area contributed by atoms with E-state index in [-0.39, 0.29) is 13.2 Å². The maximum absolute atomic E-state index is 9.58. The van der Waals surface area contributed by atoms with Gasteiger partial charge in [0.15, 0.2) is 5.65 Å². The van der Waals surface area contributed by atoms with E-state index in [9.17, 15) is 5.11 Å². The van der Waals surface area contributed by atoms with Crippen molar-refractivity contribution in [3.8, 4) is 0 Å². The third kappa shape index (κ3) is 4.12. The molecule has 2 aromatic heterocycles. The quantitative estimate of drug-likeness (QED) is 0.495. The minimum absolute atomic E-state index is 0.225. The first-order valence-corrected chi connectivity index (χ1v) is 8.77. The zero-order valence-electron chi connectivity index (χ0n) is 15.1. The van der Waals surface area contributed by atoms with Gasteiger partial charge in [-0.05, 0) is 11.5 Å². The van der Waals surface area contributed by atoms with E-state index in [2.05, 4.69) is 46.7 Å². The molecule has 138 valence electrons. The van der Waals surface area contributed by atoms with Gasteiger partial charge in [0.25, 0.3) is 0 Å². The monoisotopic (exact) mass is 355 g/mol. The molecule has 7 heteroatoms. The molecule has 0 radical (unpaired) electrons. The van der Waals surface area contributed by atoms with Crippen LogP contribution < -0.4 is 10.6 Å². The molecule has 0 saturated heterocycles. The number of aliphatic hydroxyl groups is 2. The second kappa shape index (κ2) is 8.16. The fourth-order valence-corrected chi connectivity index (χ4v) is 2.68. The van der Waals surface area contributed by atoms with E-state index in [0.717, 1.165) is 17.0 Å². The predicted octanol–water partition coefficient (Wildman–Crippen LogP) is 2.23. The second-order valence-electron chi connectivity index (χ2n) is 6.57. The molecule has 0 bridgehead atoms. The van der Waals surface area contributed by atoms with Crippen LogP contribution in [0.4, 0.5) is 11.6 Å². The van der Waals surface area contributed by atoms with Gasteiger partial charge in [0, 0.05) is 24.7 Å². The molecule has 4 N–H and O–H groups in total. The molecule has 2 heterocycles. The zero-order chi connectivity index (χ0) is 18.5. The van der Waals surface area contributed by atoms with Crippen LogP contribution in [0.2, 0.25) is 0 Å². The van der Waals surface area contributed by atoms with Gasteiger partial charge in [-0.3, -0.25) is 0 Å². The lowest BCUT2D eigenvalue weighted by atomic mass is 10.1. The van der Waals surface area contributed by atoms with Crippen molar-refractivity contribution >= 4 is 17.3 Å². The maximum atomic E-state index is 9.58. The lowest BCUT2D eigenvalue weighted by Gasteiger charge is -2.14. The van der Waals surface area contributed by atoms with Crippen LogP contribution in [0.15, 0.2) is 42.6 Å². The fraction of sp³-hybridized carbons (Fsp3) is 0.368. The first-order chi connectivity index (χ1) is 12.6. The molecule has 0 amide bonds. The molecule has 0 saturated carbocycles. The number of hydrogen-bond donors (Lipinski definition) is 4. The van der Waals surface area contributed by atoms with Crippen LogP contribution in [0, 0.1) is 0 Å². The van der Waals surface area contributed by atoms with E-state index in [4.69, 9.17) is 5.11 Å². The highest BCUT2D eigenvalue weighted by molar-refractivity contribution is 5.61. The van der Waals surface area contributed by atoms with Crippen molar-refractivity contribution in [1.82, 2.24) is 14.6 Å². The minimum atomic E-state index is -0.830. The highest BCUT2D eigenvalue weighted by Gasteiger charge is 2.14. The molecule has 1 atom stereocenters. The molecular formula is C19H25N5O2. The number of aliphatic hydroxyl groups excluding tert-OH is 2. The van der Waals surface area contributed by atoms with Gasteiger partial charge >= 0.3 is 0 Å². The average molecular weight is 355 g/mol. The molecular weight excluding hydrogens is 330 g/mol. The molecule has 0 fully saturated rings. The van der Waals surface area contributed by atoms with Gasteiger partial charge in [0.2, 0.25) is 0 Å². The number of nitrogens with one attached hydrogen (secondary N) is 2. The van der Waals surface area contributed by atoms with Gasteiger partial charge in [-0.25, -0.2) is 4.98 Å². The molecule has 0 aliphatic rings. The SMILES string of the molecule is CC(C)c1cnn2c(NCc3ccccc3)cc(NCC(O)CO)nc12. The van der Waals surface area contributed by atoms with Gasteiger partial charge in [-0.2, -0.15) is 9.61 Å². The molecule has 1 unspecified atom stereocenters. The van der Waals surface area contributed by atoms with Crippen LogP contribution in [-0.2, 0) is 6.54 Å². The van der Waals surface area contributed by atoms with Crippen molar-refractivity contribution in [2.75, 3.05) is 23.8 Å². The molecule has 0 aliphatic carbocycles. The van der Waals surface area contributed by atoms with Crippen molar-refractivity contribution in [2.45, 2.75) is 32.4 Å². The molecule has 0 aliphatic heterocycles. The van der Waals surface area contributed by atoms with Crippen molar-refractivity contribution in [1.29, 1.82) is 0 Å². The van der Waals surface area contributed by atoms with Gasteiger partial charge in [-0.15, -0.1) is 0 Å². The van der Waals surface area contributed by atoms with Crippen molar-refractivity contribution in [2.24, 2.45) is 0 Å². The topological polar surface area (TPSA) is 94.7 Å². The Kier molecular flexibility index (Phi) is 5.70. The summed E-state index contributed by atoms with van der Waals surface area (Å²) in [4.78, 5) is 4.63. The predicted molar refractivity (Wildman–Crippen MR) is 102 cm³/mol. The number of aromatic nitrogens is 3. The summed E-state index contributed by atoms with van der Waals surface area (Å²) in [6.07, 6.45) is 1.01. The van der Waals surface area contributed by atoms with Crippen molar-refractivity contribution < 1.29 is 10.2 Å². The number of hydrogen-bond acceptors (Lipinski definition) is 6. The van der Waals surface area contributed by atoms with Gasteiger partial charge in [0.1, 0.15) is 11.6 Å². The molecule has 3 rings (SSSR count). The summed E-state index contributed by atoms with van der Waals surface area (Å²) < 4.78 is 1.80. The van der Waals surface area contributed by atoms with Crippen molar-refractivity contribution in [3.63, 3.8) is 0 Å². The van der Waals surface area contributed by atoms with Crippen LogP contribution in [0.25, 0.3) is 5.65 Å². The van der Waals surface area contributed by atoms with E-state index in [0.29, 0.717) is 18.3 Å². The fourth-order valence-electron chi connectivity index (χ4n) is 2.68. The number of anilines is 2. The Balaban J connectivity index is 1.91. The van der Waals surface area contributed by atoms with E-state index in [1.54, 1.807) is 4.52 Å². The molecule has 7 nitrogen and oxygen atoms in total. The highest BCUT2D eigenvalue weighted by Crippen LogP contribution is 2.24. The van der Waals surface area contributed by atoms with Gasteiger partial charge < -0.3 is 20.8 Å². The Morgan fingerprint density at radius 3 is 2.62 bits per heavy atom. The lowest BCUT2D eigenvalue weighted by Crippen LogP contribution is -2.23. The summed E-state index contributed by atoms with van der Waals surface area (Å²) in [6.45, 7) is 4.80. The van der Waals surface area contributed by atoms with Crippen LogP contribution >= 0.6 is 0 Å². The van der Waals surface area contributed by atoms with E-state index < -0.39 is 6.10 Å². The highest BCUT2D eigenvalue weighted by atomic mass is 16.3. The van der Waals surface area contributed by atoms with Crippen LogP contribution in [0.3, 0.4) is 0 Å². The Labute approximate surface area is 152 Å². The van der Waals surface area contributed by atoms with E-state index >= 15 is 0 Å². The first kappa shape index (κ1) is 18.2. The molecule has 1 aromatic carbocycles. The number of rotatable bonds is 8. The maximum Gasteiger partial charge on any atom is 0.163 e. The third-order valence-electron chi connectivity index (χ3n) is 4.17. The summed E-state index contributed by atoms with van der Waals surface area (Å²) in [5.41, 5.74) is 3.00. The summed E-state index contributed by atoms with van der Waals surface area (Å²) in [5.74, 6) is 1.73. The average Bonchev–Trinajstić information content (AvgIpc) is 3.09. The smallest absolute Gasteiger partial charge is 0.163 e. The van der Waals surface area contributed by atoms with Crippen LogP contribution in [0.5, 0.6) is 0 Å². The Morgan fingerprint density at radius 1 is 1.15 bits per heavy atom. The summed E-state index contributed by atoms with van der Waals surface area (Å²) in [5, 5.41) is 29.5. The number of fused-ring (bicyclic) bond motifs is 1. The molecule has 3 aromatic rings. The minimum Gasteiger partial charge on any atom is -0.394 e. The van der Waals surface area contributed by atoms with Crippen LogP contribution in [0.1, 0.15) is 30.9 Å². The zero-order valence-corrected chi connectivity index (χ0v) is 15.1. The normalized spacial score (nSPS) is 12.5. The molecule has 0 spiro atoms. The Morgan fingerprint density at radius 2 is 1.92 bits per heavy atom. The number of nitrogens with zero attached hydrogens (tertiary/aromatic N) is 3. The summed E-state index contributed by atoms with van der Waals surface area (Å²) >= 11 is 0. The largest absolute Gasteiger partial charge is 0.394 e.